The third-order valence-corrected chi connectivity index (χ3v) is 5.26. The fourth-order valence-electron chi connectivity index (χ4n) is 1.71. The number of rotatable bonds is 5. The molecule has 2 aromatic rings. The van der Waals surface area contributed by atoms with Crippen molar-refractivity contribution in [1.29, 1.82) is 0 Å². The van der Waals surface area contributed by atoms with Crippen LogP contribution in [0.15, 0.2) is 51.8 Å². The van der Waals surface area contributed by atoms with Crippen molar-refractivity contribution in [3.63, 3.8) is 0 Å². The van der Waals surface area contributed by atoms with Gasteiger partial charge in [0.25, 0.3) is 0 Å². The largest absolute Gasteiger partial charge is 0.392 e. The van der Waals surface area contributed by atoms with Crippen LogP contribution in [-0.2, 0) is 23.2 Å². The first-order valence-corrected chi connectivity index (χ1v) is 8.71. The third-order valence-electron chi connectivity index (χ3n) is 2.85. The quantitative estimate of drug-likeness (QED) is 0.824. The molecule has 0 radical (unpaired) electrons. The molecule has 0 aliphatic rings. The van der Waals surface area contributed by atoms with Crippen LogP contribution in [0.4, 0.5) is 0 Å². The summed E-state index contributed by atoms with van der Waals surface area (Å²) in [5.74, 6) is 0. The molecule has 7 heteroatoms. The summed E-state index contributed by atoms with van der Waals surface area (Å²) in [5.41, 5.74) is 1.32. The van der Waals surface area contributed by atoms with Gasteiger partial charge in [-0.2, -0.15) is 0 Å². The lowest BCUT2D eigenvalue weighted by Gasteiger charge is -2.10. The van der Waals surface area contributed by atoms with E-state index in [2.05, 4.69) is 20.7 Å². The molecule has 0 aliphatic heterocycles. The molecular formula is C14H13BrClNO3S. The van der Waals surface area contributed by atoms with Crippen LogP contribution < -0.4 is 4.72 Å². The minimum Gasteiger partial charge on any atom is -0.392 e. The maximum Gasteiger partial charge on any atom is 0.242 e. The Morgan fingerprint density at radius 2 is 1.71 bits per heavy atom. The molecule has 4 nitrogen and oxygen atoms in total. The summed E-state index contributed by atoms with van der Waals surface area (Å²) in [6.07, 6.45) is 0. The van der Waals surface area contributed by atoms with Crippen LogP contribution in [0.25, 0.3) is 0 Å². The fourth-order valence-corrected chi connectivity index (χ4v) is 3.54. The zero-order valence-electron chi connectivity index (χ0n) is 10.9. The number of aliphatic hydroxyl groups excluding tert-OH is 1. The monoisotopic (exact) mass is 389 g/mol. The van der Waals surface area contributed by atoms with Crippen LogP contribution in [-0.4, -0.2) is 13.5 Å². The molecule has 0 unspecified atom stereocenters. The molecular weight excluding hydrogens is 378 g/mol. The Balaban J connectivity index is 2.20. The standard InChI is InChI=1S/C14H13BrClNO3S/c15-12-4-1-10(2-5-12)8-17-21(19,20)14-7-11(9-18)3-6-13(14)16/h1-7,17-18H,8-9H2. The Morgan fingerprint density at radius 1 is 1.10 bits per heavy atom. The summed E-state index contributed by atoms with van der Waals surface area (Å²) in [6, 6.07) is 11.7. The van der Waals surface area contributed by atoms with Gasteiger partial charge in [-0.15, -0.1) is 0 Å². The summed E-state index contributed by atoms with van der Waals surface area (Å²) in [6.45, 7) is -0.0817. The van der Waals surface area contributed by atoms with Crippen molar-refractivity contribution in [2.45, 2.75) is 18.0 Å². The van der Waals surface area contributed by atoms with Gasteiger partial charge < -0.3 is 5.11 Å². The van der Waals surface area contributed by atoms with E-state index in [0.717, 1.165) is 10.0 Å². The molecule has 2 rings (SSSR count). The van der Waals surface area contributed by atoms with Crippen LogP contribution in [0, 0.1) is 0 Å². The van der Waals surface area contributed by atoms with Crippen molar-refractivity contribution >= 4 is 37.6 Å². The van der Waals surface area contributed by atoms with Gasteiger partial charge >= 0.3 is 0 Å². The summed E-state index contributed by atoms with van der Waals surface area (Å²) in [5, 5.41) is 9.21. The van der Waals surface area contributed by atoms with Gasteiger partial charge in [0.05, 0.1) is 11.6 Å². The van der Waals surface area contributed by atoms with E-state index in [0.29, 0.717) is 5.56 Å². The van der Waals surface area contributed by atoms with E-state index < -0.39 is 10.0 Å². The highest BCUT2D eigenvalue weighted by molar-refractivity contribution is 9.10. The zero-order chi connectivity index (χ0) is 15.5. The predicted molar refractivity (Wildman–Crippen MR) is 85.5 cm³/mol. The third kappa shape index (κ3) is 4.28. The SMILES string of the molecule is O=S(=O)(NCc1ccc(Br)cc1)c1cc(CO)ccc1Cl. The summed E-state index contributed by atoms with van der Waals surface area (Å²) in [4.78, 5) is -0.0344. The minimum absolute atomic E-state index is 0.0344. The van der Waals surface area contributed by atoms with Crippen LogP contribution >= 0.6 is 27.5 Å². The van der Waals surface area contributed by atoms with E-state index in [1.165, 1.54) is 12.1 Å². The van der Waals surface area contributed by atoms with E-state index in [9.17, 15) is 8.42 Å². The van der Waals surface area contributed by atoms with E-state index in [1.54, 1.807) is 6.07 Å². The number of hydrogen-bond donors (Lipinski definition) is 2. The lowest BCUT2D eigenvalue weighted by molar-refractivity contribution is 0.281. The van der Waals surface area contributed by atoms with Crippen LogP contribution in [0.3, 0.4) is 0 Å². The highest BCUT2D eigenvalue weighted by atomic mass is 79.9. The van der Waals surface area contributed by atoms with Crippen molar-refractivity contribution in [2.24, 2.45) is 0 Å². The zero-order valence-corrected chi connectivity index (χ0v) is 14.0. The van der Waals surface area contributed by atoms with Gasteiger partial charge in [0.15, 0.2) is 0 Å². The molecule has 0 spiro atoms. The minimum atomic E-state index is -3.74. The second-order valence-electron chi connectivity index (χ2n) is 4.37. The number of hydrogen-bond acceptors (Lipinski definition) is 3. The highest BCUT2D eigenvalue weighted by Gasteiger charge is 2.18. The maximum absolute atomic E-state index is 12.3. The molecule has 0 bridgehead atoms. The van der Waals surface area contributed by atoms with E-state index >= 15 is 0 Å². The molecule has 2 N–H and O–H groups in total. The first kappa shape index (κ1) is 16.5. The Bertz CT molecular complexity index is 732. The molecule has 0 fully saturated rings. The topological polar surface area (TPSA) is 66.4 Å². The smallest absolute Gasteiger partial charge is 0.242 e. The summed E-state index contributed by atoms with van der Waals surface area (Å²) in [7, 11) is -3.74. The van der Waals surface area contributed by atoms with E-state index in [-0.39, 0.29) is 23.1 Å². The molecule has 0 aromatic heterocycles. The van der Waals surface area contributed by atoms with Crippen molar-refractivity contribution in [2.75, 3.05) is 0 Å². The van der Waals surface area contributed by atoms with Crippen molar-refractivity contribution in [3.8, 4) is 0 Å². The average molecular weight is 391 g/mol. The van der Waals surface area contributed by atoms with E-state index in [4.69, 9.17) is 16.7 Å². The number of aliphatic hydroxyl groups is 1. The molecule has 0 heterocycles. The lowest BCUT2D eigenvalue weighted by Crippen LogP contribution is -2.23. The number of sulfonamides is 1. The van der Waals surface area contributed by atoms with Crippen LogP contribution in [0.2, 0.25) is 5.02 Å². The van der Waals surface area contributed by atoms with Gasteiger partial charge in [-0.3, -0.25) is 0 Å². The average Bonchev–Trinajstić information content (AvgIpc) is 2.47. The Labute approximate surface area is 136 Å². The molecule has 0 atom stereocenters. The first-order chi connectivity index (χ1) is 9.92. The molecule has 0 saturated carbocycles. The lowest BCUT2D eigenvalue weighted by atomic mass is 10.2. The van der Waals surface area contributed by atoms with Crippen LogP contribution in [0.5, 0.6) is 0 Å². The van der Waals surface area contributed by atoms with Gasteiger partial charge in [0, 0.05) is 11.0 Å². The Hall–Kier alpha value is -0.920. The molecule has 0 saturated heterocycles. The van der Waals surface area contributed by atoms with Crippen molar-refractivity contribution in [3.05, 3.63) is 63.1 Å². The normalized spacial score (nSPS) is 11.6. The summed E-state index contributed by atoms with van der Waals surface area (Å²) < 4.78 is 28.0. The number of benzene rings is 2. The van der Waals surface area contributed by atoms with Gasteiger partial charge in [-0.1, -0.05) is 45.7 Å². The number of halogens is 2. The predicted octanol–water partition coefficient (Wildman–Crippen LogP) is 3.07. The van der Waals surface area contributed by atoms with Crippen molar-refractivity contribution in [1.82, 2.24) is 4.72 Å². The number of nitrogens with one attached hydrogen (secondary N) is 1. The van der Waals surface area contributed by atoms with Crippen molar-refractivity contribution < 1.29 is 13.5 Å². The van der Waals surface area contributed by atoms with E-state index in [1.807, 2.05) is 24.3 Å². The maximum atomic E-state index is 12.3. The summed E-state index contributed by atoms with van der Waals surface area (Å²) >= 11 is 9.25. The molecule has 112 valence electrons. The second kappa shape index (κ2) is 6.89. The second-order valence-corrected chi connectivity index (χ2v) is 7.43. The van der Waals surface area contributed by atoms with Crippen LogP contribution in [0.1, 0.15) is 11.1 Å². The molecule has 0 amide bonds. The van der Waals surface area contributed by atoms with Gasteiger partial charge in [-0.25, -0.2) is 13.1 Å². The molecule has 2 aromatic carbocycles. The van der Waals surface area contributed by atoms with Gasteiger partial charge in [0.2, 0.25) is 10.0 Å². The fraction of sp³-hybridized carbons (Fsp3) is 0.143. The molecule has 0 aliphatic carbocycles. The molecule has 21 heavy (non-hydrogen) atoms. The first-order valence-electron chi connectivity index (χ1n) is 6.06. The van der Waals surface area contributed by atoms with Gasteiger partial charge in [-0.05, 0) is 35.4 Å². The van der Waals surface area contributed by atoms with Gasteiger partial charge in [0.1, 0.15) is 4.90 Å². The Morgan fingerprint density at radius 3 is 2.33 bits per heavy atom. The Kier molecular flexibility index (Phi) is 5.40. The highest BCUT2D eigenvalue weighted by Crippen LogP contribution is 2.23.